The summed E-state index contributed by atoms with van der Waals surface area (Å²) in [6, 6.07) is 15.0. The molecule has 0 spiro atoms. The third-order valence-corrected chi connectivity index (χ3v) is 5.52. The second kappa shape index (κ2) is 6.59. The van der Waals surface area contributed by atoms with Crippen molar-refractivity contribution in [3.05, 3.63) is 64.4 Å². The Balaban J connectivity index is 2.08. The minimum atomic E-state index is -0.954. The van der Waals surface area contributed by atoms with Gasteiger partial charge >= 0.3 is 5.97 Å². The van der Waals surface area contributed by atoms with E-state index in [0.29, 0.717) is 21.9 Å². The summed E-state index contributed by atoms with van der Waals surface area (Å²) in [4.78, 5) is 32.6. The Kier molecular flexibility index (Phi) is 4.24. The third kappa shape index (κ3) is 2.90. The fraction of sp³-hybridized carbons (Fsp3) is 0.150. The quantitative estimate of drug-likeness (QED) is 0.417. The Labute approximate surface area is 158 Å². The predicted octanol–water partition coefficient (Wildman–Crippen LogP) is 3.74. The molecule has 2 heterocycles. The van der Waals surface area contributed by atoms with Gasteiger partial charge in [-0.2, -0.15) is 0 Å². The highest BCUT2D eigenvalue weighted by Gasteiger charge is 2.22. The molecule has 0 saturated heterocycles. The number of nitrogens with one attached hydrogen (secondary N) is 1. The standard InChI is InChI=1S/C20H17N3O3S/c1-11-7-3-6-10-15(11)23-18(24)17-16(13-8-4-5-9-14(13)21-17)22-20(23)27-12(2)19(25)26/h3-10,12,21H,1-2H3,(H,25,26)/t12-/m1/s1. The number of carboxylic acids is 1. The number of H-pyrrole nitrogens is 1. The van der Waals surface area contributed by atoms with Crippen LogP contribution < -0.4 is 5.56 Å². The maximum Gasteiger partial charge on any atom is 0.316 e. The summed E-state index contributed by atoms with van der Waals surface area (Å²) >= 11 is 1.06. The molecule has 4 aromatic rings. The van der Waals surface area contributed by atoms with Crippen molar-refractivity contribution < 1.29 is 9.90 Å². The molecule has 0 unspecified atom stereocenters. The average Bonchev–Trinajstić information content (AvgIpc) is 3.02. The van der Waals surface area contributed by atoms with Crippen molar-refractivity contribution in [2.75, 3.05) is 0 Å². The molecule has 0 radical (unpaired) electrons. The first-order valence-corrected chi connectivity index (χ1v) is 9.34. The zero-order chi connectivity index (χ0) is 19.1. The van der Waals surface area contributed by atoms with Crippen LogP contribution >= 0.6 is 11.8 Å². The fourth-order valence-corrected chi connectivity index (χ4v) is 3.90. The molecule has 0 fully saturated rings. The van der Waals surface area contributed by atoms with E-state index < -0.39 is 11.2 Å². The zero-order valence-corrected chi connectivity index (χ0v) is 15.6. The number of carbonyl (C=O) groups is 1. The zero-order valence-electron chi connectivity index (χ0n) is 14.8. The van der Waals surface area contributed by atoms with Crippen LogP contribution in [0.3, 0.4) is 0 Å². The van der Waals surface area contributed by atoms with Crippen LogP contribution in [0.5, 0.6) is 0 Å². The number of carboxylic acid groups (broad SMARTS) is 1. The molecule has 0 aliphatic carbocycles. The normalized spacial score (nSPS) is 12.5. The van der Waals surface area contributed by atoms with Crippen molar-refractivity contribution in [1.82, 2.24) is 14.5 Å². The molecule has 0 bridgehead atoms. The summed E-state index contributed by atoms with van der Waals surface area (Å²) in [6.07, 6.45) is 0. The van der Waals surface area contributed by atoms with Gasteiger partial charge in [0.1, 0.15) is 16.3 Å². The number of nitrogens with zero attached hydrogens (tertiary/aromatic N) is 2. The molecule has 6 nitrogen and oxygen atoms in total. The van der Waals surface area contributed by atoms with Gasteiger partial charge in [0.2, 0.25) is 0 Å². The molecule has 0 saturated carbocycles. The van der Waals surface area contributed by atoms with E-state index in [9.17, 15) is 14.7 Å². The van der Waals surface area contributed by atoms with Gasteiger partial charge in [0.05, 0.1) is 5.69 Å². The summed E-state index contributed by atoms with van der Waals surface area (Å²) in [7, 11) is 0. The van der Waals surface area contributed by atoms with Crippen molar-refractivity contribution in [3.63, 3.8) is 0 Å². The number of hydrogen-bond donors (Lipinski definition) is 2. The van der Waals surface area contributed by atoms with Crippen LogP contribution in [0.4, 0.5) is 0 Å². The second-order valence-electron chi connectivity index (χ2n) is 6.31. The van der Waals surface area contributed by atoms with Crippen molar-refractivity contribution in [2.24, 2.45) is 0 Å². The summed E-state index contributed by atoms with van der Waals surface area (Å²) in [5, 5.41) is 9.79. The molecule has 27 heavy (non-hydrogen) atoms. The molecular formula is C20H17N3O3S. The highest BCUT2D eigenvalue weighted by atomic mass is 32.2. The molecule has 4 rings (SSSR count). The molecule has 2 aromatic heterocycles. The molecule has 7 heteroatoms. The number of aromatic amines is 1. The van der Waals surface area contributed by atoms with E-state index in [0.717, 1.165) is 28.2 Å². The van der Waals surface area contributed by atoms with Crippen LogP contribution in [0.1, 0.15) is 12.5 Å². The van der Waals surface area contributed by atoms with Gasteiger partial charge in [0, 0.05) is 10.9 Å². The Morgan fingerprint density at radius 3 is 2.63 bits per heavy atom. The highest BCUT2D eigenvalue weighted by molar-refractivity contribution is 8.00. The number of hydrogen-bond acceptors (Lipinski definition) is 4. The van der Waals surface area contributed by atoms with Crippen LogP contribution in [0.25, 0.3) is 27.6 Å². The van der Waals surface area contributed by atoms with Crippen LogP contribution in [-0.4, -0.2) is 30.9 Å². The van der Waals surface area contributed by atoms with Gasteiger partial charge in [-0.3, -0.25) is 14.2 Å². The van der Waals surface area contributed by atoms with E-state index in [2.05, 4.69) is 4.98 Å². The van der Waals surface area contributed by atoms with Gasteiger partial charge < -0.3 is 10.1 Å². The van der Waals surface area contributed by atoms with E-state index in [1.54, 1.807) is 6.92 Å². The van der Waals surface area contributed by atoms with Gasteiger partial charge in [-0.25, -0.2) is 4.98 Å². The van der Waals surface area contributed by atoms with Crippen LogP contribution in [-0.2, 0) is 4.79 Å². The summed E-state index contributed by atoms with van der Waals surface area (Å²) in [6.45, 7) is 3.49. The topological polar surface area (TPSA) is 88.0 Å². The van der Waals surface area contributed by atoms with E-state index in [-0.39, 0.29) is 5.56 Å². The number of rotatable bonds is 4. The smallest absolute Gasteiger partial charge is 0.316 e. The Morgan fingerprint density at radius 1 is 1.19 bits per heavy atom. The van der Waals surface area contributed by atoms with Crippen LogP contribution in [0, 0.1) is 6.92 Å². The minimum Gasteiger partial charge on any atom is -0.480 e. The van der Waals surface area contributed by atoms with Gasteiger partial charge in [0.15, 0.2) is 5.16 Å². The number of benzene rings is 2. The van der Waals surface area contributed by atoms with Crippen LogP contribution in [0.2, 0.25) is 0 Å². The molecule has 136 valence electrons. The molecule has 0 aliphatic rings. The van der Waals surface area contributed by atoms with Gasteiger partial charge in [-0.1, -0.05) is 48.2 Å². The lowest BCUT2D eigenvalue weighted by molar-refractivity contribution is -0.136. The number of aromatic nitrogens is 3. The summed E-state index contributed by atoms with van der Waals surface area (Å²) in [5.41, 5.74) is 3.14. The van der Waals surface area contributed by atoms with Crippen molar-refractivity contribution in [3.8, 4) is 5.69 Å². The fourth-order valence-electron chi connectivity index (χ4n) is 3.06. The average molecular weight is 379 g/mol. The van der Waals surface area contributed by atoms with Gasteiger partial charge in [-0.05, 0) is 31.5 Å². The molecule has 2 N–H and O–H groups in total. The highest BCUT2D eigenvalue weighted by Crippen LogP contribution is 2.29. The first-order chi connectivity index (χ1) is 13.0. The third-order valence-electron chi connectivity index (χ3n) is 4.48. The lowest BCUT2D eigenvalue weighted by Gasteiger charge is -2.15. The Hall–Kier alpha value is -3.06. The van der Waals surface area contributed by atoms with Crippen molar-refractivity contribution >= 4 is 39.7 Å². The van der Waals surface area contributed by atoms with E-state index in [1.165, 1.54) is 4.57 Å². The van der Waals surface area contributed by atoms with Crippen molar-refractivity contribution in [2.45, 2.75) is 24.3 Å². The number of aryl methyl sites for hydroxylation is 1. The molecule has 1 atom stereocenters. The first-order valence-electron chi connectivity index (χ1n) is 8.46. The lowest BCUT2D eigenvalue weighted by atomic mass is 10.2. The SMILES string of the molecule is Cc1ccccc1-n1c(S[C@H](C)C(=O)O)nc2c([nH]c3ccccc32)c1=O. The maximum absolute atomic E-state index is 13.4. The van der Waals surface area contributed by atoms with E-state index in [1.807, 2.05) is 55.5 Å². The molecular weight excluding hydrogens is 362 g/mol. The van der Waals surface area contributed by atoms with E-state index >= 15 is 0 Å². The number of aliphatic carboxylic acids is 1. The largest absolute Gasteiger partial charge is 0.480 e. The first kappa shape index (κ1) is 17.4. The lowest BCUT2D eigenvalue weighted by Crippen LogP contribution is -2.24. The Bertz CT molecular complexity index is 1240. The van der Waals surface area contributed by atoms with Crippen molar-refractivity contribution in [1.29, 1.82) is 0 Å². The summed E-state index contributed by atoms with van der Waals surface area (Å²) < 4.78 is 1.50. The van der Waals surface area contributed by atoms with E-state index in [4.69, 9.17) is 4.98 Å². The number of fused-ring (bicyclic) bond motifs is 3. The summed E-state index contributed by atoms with van der Waals surface area (Å²) in [5.74, 6) is -0.954. The molecule has 0 aliphatic heterocycles. The monoisotopic (exact) mass is 379 g/mol. The predicted molar refractivity (Wildman–Crippen MR) is 107 cm³/mol. The maximum atomic E-state index is 13.4. The van der Waals surface area contributed by atoms with Gasteiger partial charge in [-0.15, -0.1) is 0 Å². The number of para-hydroxylation sites is 2. The molecule has 2 aromatic carbocycles. The molecule has 0 amide bonds. The Morgan fingerprint density at radius 2 is 1.89 bits per heavy atom. The van der Waals surface area contributed by atoms with Crippen LogP contribution in [0.15, 0.2) is 58.5 Å². The second-order valence-corrected chi connectivity index (χ2v) is 7.62. The number of thioether (sulfide) groups is 1. The minimum absolute atomic E-state index is 0.245. The van der Waals surface area contributed by atoms with Gasteiger partial charge in [0.25, 0.3) is 5.56 Å².